The first-order valence-electron chi connectivity index (χ1n) is 10.9. The lowest BCUT2D eigenvalue weighted by atomic mass is 10.2. The van der Waals surface area contributed by atoms with Crippen LogP contribution in [-0.2, 0) is 9.84 Å². The Bertz CT molecular complexity index is 1390. The van der Waals surface area contributed by atoms with Crippen molar-refractivity contribution in [2.45, 2.75) is 16.8 Å². The Morgan fingerprint density at radius 1 is 0.912 bits per heavy atom. The smallest absolute Gasteiger partial charge is 0.266 e. The van der Waals surface area contributed by atoms with E-state index in [1.807, 2.05) is 30.0 Å². The fourth-order valence-electron chi connectivity index (χ4n) is 3.88. The lowest BCUT2D eigenvalue weighted by Crippen LogP contribution is -2.49. The van der Waals surface area contributed by atoms with Gasteiger partial charge in [0.1, 0.15) is 0 Å². The summed E-state index contributed by atoms with van der Waals surface area (Å²) in [6, 6.07) is 19.0. The number of oxazole rings is 1. The molecule has 0 aliphatic carbocycles. The molecule has 1 aliphatic rings. The van der Waals surface area contributed by atoms with E-state index in [1.54, 1.807) is 53.4 Å². The van der Waals surface area contributed by atoms with Crippen molar-refractivity contribution < 1.29 is 22.0 Å². The Morgan fingerprint density at radius 2 is 1.62 bits per heavy atom. The molecule has 1 fully saturated rings. The van der Waals surface area contributed by atoms with E-state index in [2.05, 4.69) is 4.98 Å². The molecule has 174 valence electrons. The maximum absolute atomic E-state index is 13.5. The predicted octanol–water partition coefficient (Wildman–Crippen LogP) is 4.04. The first-order valence-corrected chi connectivity index (χ1v) is 12.4. The second-order valence-corrected chi connectivity index (χ2v) is 9.93. The number of carbonyl (C=O) groups excluding carboxylic acids is 1. The van der Waals surface area contributed by atoms with E-state index in [0.29, 0.717) is 37.5 Å². The van der Waals surface area contributed by atoms with Gasteiger partial charge in [-0.05, 0) is 43.3 Å². The maximum atomic E-state index is 13.5. The van der Waals surface area contributed by atoms with E-state index >= 15 is 0 Å². The lowest BCUT2D eigenvalue weighted by molar-refractivity contribution is 0.0745. The van der Waals surface area contributed by atoms with Crippen molar-refractivity contribution in [1.82, 2.24) is 9.88 Å². The zero-order chi connectivity index (χ0) is 23.7. The number of piperazine rings is 1. The van der Waals surface area contributed by atoms with Crippen molar-refractivity contribution in [3.8, 4) is 11.7 Å². The summed E-state index contributed by atoms with van der Waals surface area (Å²) in [5, 5.41) is -0.161. The summed E-state index contributed by atoms with van der Waals surface area (Å²) in [6.45, 7) is 3.55. The average Bonchev–Trinajstić information content (AvgIpc) is 3.55. The highest BCUT2D eigenvalue weighted by Gasteiger charge is 2.34. The van der Waals surface area contributed by atoms with Crippen molar-refractivity contribution >= 4 is 21.6 Å². The molecule has 2 aromatic carbocycles. The van der Waals surface area contributed by atoms with Crippen LogP contribution < -0.4 is 4.90 Å². The van der Waals surface area contributed by atoms with Gasteiger partial charge in [0.25, 0.3) is 11.8 Å². The van der Waals surface area contributed by atoms with E-state index in [0.717, 1.165) is 5.56 Å². The zero-order valence-electron chi connectivity index (χ0n) is 18.5. The van der Waals surface area contributed by atoms with Gasteiger partial charge in [0, 0.05) is 31.7 Å². The van der Waals surface area contributed by atoms with Crippen molar-refractivity contribution in [1.29, 1.82) is 0 Å². The molecule has 3 heterocycles. The number of furan rings is 1. The third kappa shape index (κ3) is 4.10. The van der Waals surface area contributed by atoms with Crippen LogP contribution in [0.25, 0.3) is 11.7 Å². The number of hydrogen-bond acceptors (Lipinski definition) is 7. The predicted molar refractivity (Wildman–Crippen MR) is 125 cm³/mol. The molecule has 0 N–H and O–H groups in total. The summed E-state index contributed by atoms with van der Waals surface area (Å²) < 4.78 is 38.3. The molecular formula is C25H23N3O5S. The summed E-state index contributed by atoms with van der Waals surface area (Å²) in [7, 11) is -3.95. The third-order valence-corrected chi connectivity index (χ3v) is 7.44. The molecule has 5 rings (SSSR count). The molecule has 34 heavy (non-hydrogen) atoms. The van der Waals surface area contributed by atoms with Gasteiger partial charge in [-0.25, -0.2) is 8.42 Å². The van der Waals surface area contributed by atoms with Gasteiger partial charge in [0.05, 0.1) is 11.2 Å². The lowest BCUT2D eigenvalue weighted by Gasteiger charge is -2.34. The Balaban J connectivity index is 1.45. The summed E-state index contributed by atoms with van der Waals surface area (Å²) >= 11 is 0. The SMILES string of the molecule is Cc1ccc(S(=O)(=O)c2nc(-c3ccco3)oc2N2CCN(C(=O)c3ccccc3)CC2)cc1. The van der Waals surface area contributed by atoms with Gasteiger partial charge in [-0.2, -0.15) is 4.98 Å². The normalized spacial score (nSPS) is 14.4. The maximum Gasteiger partial charge on any atom is 0.266 e. The summed E-state index contributed by atoms with van der Waals surface area (Å²) in [5.74, 6) is 0.526. The van der Waals surface area contributed by atoms with Gasteiger partial charge in [0.2, 0.25) is 20.7 Å². The number of sulfone groups is 1. The fourth-order valence-corrected chi connectivity index (χ4v) is 5.20. The van der Waals surface area contributed by atoms with Crippen LogP contribution in [0.1, 0.15) is 15.9 Å². The van der Waals surface area contributed by atoms with Crippen LogP contribution in [0.2, 0.25) is 0 Å². The van der Waals surface area contributed by atoms with Crippen molar-refractivity contribution in [3.63, 3.8) is 0 Å². The highest BCUT2D eigenvalue weighted by atomic mass is 32.2. The number of benzene rings is 2. The summed E-state index contributed by atoms with van der Waals surface area (Å²) in [5.41, 5.74) is 1.58. The number of hydrogen-bond donors (Lipinski definition) is 0. The van der Waals surface area contributed by atoms with Crippen molar-refractivity contribution in [2.75, 3.05) is 31.1 Å². The van der Waals surface area contributed by atoms with Crippen molar-refractivity contribution in [2.24, 2.45) is 0 Å². The Hall–Kier alpha value is -3.85. The molecular weight excluding hydrogens is 454 g/mol. The average molecular weight is 478 g/mol. The topological polar surface area (TPSA) is 96.9 Å². The largest absolute Gasteiger partial charge is 0.459 e. The van der Waals surface area contributed by atoms with Gasteiger partial charge < -0.3 is 18.6 Å². The number of amides is 1. The monoisotopic (exact) mass is 477 g/mol. The number of anilines is 1. The molecule has 8 nitrogen and oxygen atoms in total. The van der Waals surface area contributed by atoms with E-state index in [9.17, 15) is 13.2 Å². The minimum absolute atomic E-state index is 0.0541. The zero-order valence-corrected chi connectivity index (χ0v) is 19.4. The van der Waals surface area contributed by atoms with Gasteiger partial charge in [-0.3, -0.25) is 4.79 Å². The van der Waals surface area contributed by atoms with Crippen LogP contribution in [0.15, 0.2) is 91.7 Å². The van der Waals surface area contributed by atoms with Crippen LogP contribution >= 0.6 is 0 Å². The molecule has 1 amide bonds. The van der Waals surface area contributed by atoms with Gasteiger partial charge in [0.15, 0.2) is 5.76 Å². The fraction of sp³-hybridized carbons (Fsp3) is 0.200. The van der Waals surface area contributed by atoms with E-state index in [-0.39, 0.29) is 27.6 Å². The second-order valence-electron chi connectivity index (χ2n) is 8.07. The second kappa shape index (κ2) is 8.83. The van der Waals surface area contributed by atoms with Gasteiger partial charge in [-0.1, -0.05) is 35.9 Å². The Labute approximate surface area is 197 Å². The van der Waals surface area contributed by atoms with Crippen LogP contribution in [0.4, 0.5) is 5.88 Å². The summed E-state index contributed by atoms with van der Waals surface area (Å²) in [4.78, 5) is 20.8. The Kier molecular flexibility index (Phi) is 5.70. The van der Waals surface area contributed by atoms with Gasteiger partial charge in [-0.15, -0.1) is 0 Å². The molecule has 1 saturated heterocycles. The number of aryl methyl sites for hydroxylation is 1. The molecule has 1 aliphatic heterocycles. The van der Waals surface area contributed by atoms with Crippen LogP contribution in [-0.4, -0.2) is 50.4 Å². The minimum atomic E-state index is -3.95. The van der Waals surface area contributed by atoms with Crippen LogP contribution in [0.5, 0.6) is 0 Å². The van der Waals surface area contributed by atoms with Gasteiger partial charge >= 0.3 is 0 Å². The van der Waals surface area contributed by atoms with Crippen LogP contribution in [0.3, 0.4) is 0 Å². The van der Waals surface area contributed by atoms with Crippen LogP contribution in [0, 0.1) is 6.92 Å². The highest BCUT2D eigenvalue weighted by Crippen LogP contribution is 2.35. The summed E-state index contributed by atoms with van der Waals surface area (Å²) in [6.07, 6.45) is 1.47. The molecule has 0 unspecified atom stereocenters. The highest BCUT2D eigenvalue weighted by molar-refractivity contribution is 7.91. The molecule has 0 saturated carbocycles. The molecule has 9 heteroatoms. The molecule has 4 aromatic rings. The van der Waals surface area contributed by atoms with Crippen molar-refractivity contribution in [3.05, 3.63) is 84.1 Å². The number of rotatable bonds is 5. The minimum Gasteiger partial charge on any atom is -0.459 e. The molecule has 0 bridgehead atoms. The number of nitrogens with zero attached hydrogens (tertiary/aromatic N) is 3. The van der Waals surface area contributed by atoms with E-state index < -0.39 is 9.84 Å². The standard InChI is InChI=1S/C25H23N3O5S/c1-18-9-11-20(12-10-18)34(30,31)23-25(33-22(26-23)21-8-5-17-32-21)28-15-13-27(14-16-28)24(29)19-6-3-2-4-7-19/h2-12,17H,13-16H2,1H3. The molecule has 2 aromatic heterocycles. The third-order valence-electron chi connectivity index (χ3n) is 5.77. The van der Waals surface area contributed by atoms with E-state index in [1.165, 1.54) is 6.26 Å². The quantitative estimate of drug-likeness (QED) is 0.428. The molecule has 0 atom stereocenters. The first-order chi connectivity index (χ1) is 16.4. The number of carbonyl (C=O) groups is 1. The molecule has 0 spiro atoms. The number of aromatic nitrogens is 1. The van der Waals surface area contributed by atoms with E-state index in [4.69, 9.17) is 8.83 Å². The Morgan fingerprint density at radius 3 is 2.26 bits per heavy atom. The molecule has 0 radical (unpaired) electrons. The first kappa shape index (κ1) is 22.0.